The standard InChI is InChI=1S/C12H24N2/c1-12(2)5-3-4-11(10-12)14-8-6-13-7-9-14/h11,13H,3-10H2,1-2H3. The summed E-state index contributed by atoms with van der Waals surface area (Å²) in [5.41, 5.74) is 0.591. The number of nitrogens with zero attached hydrogens (tertiary/aromatic N) is 1. The lowest BCUT2D eigenvalue weighted by Gasteiger charge is -2.42. The van der Waals surface area contributed by atoms with Crippen LogP contribution >= 0.6 is 0 Å². The summed E-state index contributed by atoms with van der Waals surface area (Å²) in [7, 11) is 0. The summed E-state index contributed by atoms with van der Waals surface area (Å²) in [5.74, 6) is 0. The fourth-order valence-electron chi connectivity index (χ4n) is 3.02. The smallest absolute Gasteiger partial charge is 0.0110 e. The first kappa shape index (κ1) is 10.4. The van der Waals surface area contributed by atoms with E-state index in [1.54, 1.807) is 0 Å². The zero-order valence-corrected chi connectivity index (χ0v) is 9.68. The highest BCUT2D eigenvalue weighted by molar-refractivity contribution is 4.86. The fraction of sp³-hybridized carbons (Fsp3) is 1.00. The van der Waals surface area contributed by atoms with Gasteiger partial charge in [-0.2, -0.15) is 0 Å². The van der Waals surface area contributed by atoms with E-state index < -0.39 is 0 Å². The van der Waals surface area contributed by atoms with E-state index in [1.807, 2.05) is 0 Å². The second-order valence-corrected chi connectivity index (χ2v) is 5.70. The molecular formula is C12H24N2. The second kappa shape index (κ2) is 4.19. The molecule has 0 aromatic rings. The molecule has 82 valence electrons. The van der Waals surface area contributed by atoms with Gasteiger partial charge in [0, 0.05) is 32.2 Å². The third-order valence-electron chi connectivity index (χ3n) is 3.85. The average Bonchev–Trinajstić information content (AvgIpc) is 2.18. The SMILES string of the molecule is CC1(C)CCCC(N2CCNCC2)C1. The topological polar surface area (TPSA) is 15.3 Å². The quantitative estimate of drug-likeness (QED) is 0.688. The van der Waals surface area contributed by atoms with Gasteiger partial charge < -0.3 is 5.32 Å². The van der Waals surface area contributed by atoms with Gasteiger partial charge in [0.05, 0.1) is 0 Å². The molecule has 1 aliphatic heterocycles. The van der Waals surface area contributed by atoms with E-state index in [-0.39, 0.29) is 0 Å². The van der Waals surface area contributed by atoms with E-state index in [1.165, 1.54) is 51.9 Å². The van der Waals surface area contributed by atoms with Gasteiger partial charge in [-0.25, -0.2) is 0 Å². The lowest BCUT2D eigenvalue weighted by atomic mass is 9.74. The number of piperazine rings is 1. The van der Waals surface area contributed by atoms with Crippen molar-refractivity contribution in [1.29, 1.82) is 0 Å². The largest absolute Gasteiger partial charge is 0.314 e. The summed E-state index contributed by atoms with van der Waals surface area (Å²) >= 11 is 0. The number of nitrogens with one attached hydrogen (secondary N) is 1. The van der Waals surface area contributed by atoms with Crippen molar-refractivity contribution >= 4 is 0 Å². The molecule has 0 amide bonds. The van der Waals surface area contributed by atoms with Crippen molar-refractivity contribution < 1.29 is 0 Å². The van der Waals surface area contributed by atoms with Crippen molar-refractivity contribution in [3.05, 3.63) is 0 Å². The first-order chi connectivity index (χ1) is 6.67. The first-order valence-electron chi connectivity index (χ1n) is 6.12. The van der Waals surface area contributed by atoms with Gasteiger partial charge in [-0.3, -0.25) is 4.90 Å². The van der Waals surface area contributed by atoms with Gasteiger partial charge in [0.1, 0.15) is 0 Å². The van der Waals surface area contributed by atoms with Crippen LogP contribution in [0.5, 0.6) is 0 Å². The van der Waals surface area contributed by atoms with Crippen LogP contribution in [-0.4, -0.2) is 37.1 Å². The molecular weight excluding hydrogens is 172 g/mol. The molecule has 1 unspecified atom stereocenters. The minimum Gasteiger partial charge on any atom is -0.314 e. The van der Waals surface area contributed by atoms with Crippen LogP contribution in [0.15, 0.2) is 0 Å². The van der Waals surface area contributed by atoms with E-state index in [2.05, 4.69) is 24.1 Å². The third-order valence-corrected chi connectivity index (χ3v) is 3.85. The molecule has 1 atom stereocenters. The highest BCUT2D eigenvalue weighted by Crippen LogP contribution is 2.37. The monoisotopic (exact) mass is 196 g/mol. The highest BCUT2D eigenvalue weighted by Gasteiger charge is 2.31. The van der Waals surface area contributed by atoms with Gasteiger partial charge in [0.2, 0.25) is 0 Å². The molecule has 1 N–H and O–H groups in total. The molecule has 0 aromatic carbocycles. The van der Waals surface area contributed by atoms with Crippen LogP contribution in [0, 0.1) is 5.41 Å². The molecule has 1 aliphatic carbocycles. The predicted octanol–water partition coefficient (Wildman–Crippen LogP) is 1.86. The van der Waals surface area contributed by atoms with Gasteiger partial charge >= 0.3 is 0 Å². The molecule has 2 nitrogen and oxygen atoms in total. The van der Waals surface area contributed by atoms with Gasteiger partial charge in [-0.15, -0.1) is 0 Å². The molecule has 0 aromatic heterocycles. The van der Waals surface area contributed by atoms with Crippen LogP contribution in [0.2, 0.25) is 0 Å². The van der Waals surface area contributed by atoms with Crippen molar-refractivity contribution in [2.24, 2.45) is 5.41 Å². The van der Waals surface area contributed by atoms with Gasteiger partial charge in [-0.05, 0) is 24.7 Å². The molecule has 1 saturated carbocycles. The fourth-order valence-corrected chi connectivity index (χ4v) is 3.02. The zero-order chi connectivity index (χ0) is 10.0. The molecule has 2 rings (SSSR count). The van der Waals surface area contributed by atoms with Crippen molar-refractivity contribution in [2.45, 2.75) is 45.6 Å². The molecule has 2 aliphatic rings. The lowest BCUT2D eigenvalue weighted by molar-refractivity contribution is 0.0846. The molecule has 2 fully saturated rings. The van der Waals surface area contributed by atoms with Crippen molar-refractivity contribution in [2.75, 3.05) is 26.2 Å². The lowest BCUT2D eigenvalue weighted by Crippen LogP contribution is -2.50. The van der Waals surface area contributed by atoms with Gasteiger partial charge in [0.15, 0.2) is 0 Å². The Balaban J connectivity index is 1.89. The minimum atomic E-state index is 0.591. The van der Waals surface area contributed by atoms with Crippen LogP contribution < -0.4 is 5.32 Å². The summed E-state index contributed by atoms with van der Waals surface area (Å²) < 4.78 is 0. The van der Waals surface area contributed by atoms with Crippen molar-refractivity contribution in [3.63, 3.8) is 0 Å². The second-order valence-electron chi connectivity index (χ2n) is 5.70. The number of hydrogen-bond acceptors (Lipinski definition) is 2. The molecule has 0 spiro atoms. The average molecular weight is 196 g/mol. The molecule has 14 heavy (non-hydrogen) atoms. The Morgan fingerprint density at radius 1 is 1.21 bits per heavy atom. The Hall–Kier alpha value is -0.0800. The Morgan fingerprint density at radius 2 is 1.93 bits per heavy atom. The van der Waals surface area contributed by atoms with E-state index in [0.29, 0.717) is 5.41 Å². The van der Waals surface area contributed by atoms with E-state index in [0.717, 1.165) is 6.04 Å². The van der Waals surface area contributed by atoms with Gasteiger partial charge in [-0.1, -0.05) is 20.3 Å². The zero-order valence-electron chi connectivity index (χ0n) is 9.68. The maximum Gasteiger partial charge on any atom is 0.0110 e. The Bertz CT molecular complexity index is 183. The summed E-state index contributed by atoms with van der Waals surface area (Å²) in [4.78, 5) is 2.71. The third kappa shape index (κ3) is 2.48. The first-order valence-corrected chi connectivity index (χ1v) is 6.12. The summed E-state index contributed by atoms with van der Waals surface area (Å²) in [6.07, 6.45) is 5.70. The van der Waals surface area contributed by atoms with Crippen LogP contribution in [0.3, 0.4) is 0 Å². The van der Waals surface area contributed by atoms with Gasteiger partial charge in [0.25, 0.3) is 0 Å². The highest BCUT2D eigenvalue weighted by atomic mass is 15.2. The molecule has 2 heteroatoms. The Morgan fingerprint density at radius 3 is 2.57 bits per heavy atom. The van der Waals surface area contributed by atoms with E-state index in [9.17, 15) is 0 Å². The van der Waals surface area contributed by atoms with Crippen LogP contribution in [0.1, 0.15) is 39.5 Å². The predicted molar refractivity (Wildman–Crippen MR) is 60.5 cm³/mol. The van der Waals surface area contributed by atoms with E-state index >= 15 is 0 Å². The maximum atomic E-state index is 3.43. The number of rotatable bonds is 1. The van der Waals surface area contributed by atoms with E-state index in [4.69, 9.17) is 0 Å². The minimum absolute atomic E-state index is 0.591. The molecule has 1 saturated heterocycles. The van der Waals surface area contributed by atoms with Crippen molar-refractivity contribution in [1.82, 2.24) is 10.2 Å². The molecule has 0 radical (unpaired) electrons. The summed E-state index contributed by atoms with van der Waals surface area (Å²) in [6, 6.07) is 0.876. The normalized spacial score (nSPS) is 34.3. The maximum absolute atomic E-state index is 3.43. The Kier molecular flexibility index (Phi) is 3.13. The van der Waals surface area contributed by atoms with Crippen LogP contribution in [0.4, 0.5) is 0 Å². The van der Waals surface area contributed by atoms with Crippen LogP contribution in [0.25, 0.3) is 0 Å². The summed E-state index contributed by atoms with van der Waals surface area (Å²) in [5, 5.41) is 3.43. The Labute approximate surface area is 88.1 Å². The molecule has 0 bridgehead atoms. The summed E-state index contributed by atoms with van der Waals surface area (Å²) in [6.45, 7) is 9.78. The molecule has 1 heterocycles. The van der Waals surface area contributed by atoms with Crippen LogP contribution in [-0.2, 0) is 0 Å². The van der Waals surface area contributed by atoms with Crippen molar-refractivity contribution in [3.8, 4) is 0 Å². The number of hydrogen-bond donors (Lipinski definition) is 1.